The first-order valence-corrected chi connectivity index (χ1v) is 5.67. The van der Waals surface area contributed by atoms with Crippen LogP contribution < -0.4 is 4.87 Å². The van der Waals surface area contributed by atoms with Crippen LogP contribution in [0.2, 0.25) is 0 Å². The molecule has 0 aromatic carbocycles. The third-order valence-electron chi connectivity index (χ3n) is 2.37. The Morgan fingerprint density at radius 1 is 1.60 bits per heavy atom. The van der Waals surface area contributed by atoms with E-state index in [0.29, 0.717) is 24.2 Å². The number of hydrogen-bond donors (Lipinski definition) is 0. The van der Waals surface area contributed by atoms with E-state index in [4.69, 9.17) is 4.52 Å². The Morgan fingerprint density at radius 3 is 3.13 bits per heavy atom. The van der Waals surface area contributed by atoms with Gasteiger partial charge in [-0.25, -0.2) is 0 Å². The van der Waals surface area contributed by atoms with E-state index in [1.165, 1.54) is 11.3 Å². The van der Waals surface area contributed by atoms with Gasteiger partial charge in [0.05, 0.1) is 6.54 Å². The lowest BCUT2D eigenvalue weighted by Gasteiger charge is -1.92. The fourth-order valence-electron chi connectivity index (χ4n) is 1.39. The highest BCUT2D eigenvalue weighted by Crippen LogP contribution is 2.38. The van der Waals surface area contributed by atoms with Gasteiger partial charge in [0.2, 0.25) is 5.89 Å². The summed E-state index contributed by atoms with van der Waals surface area (Å²) in [6.07, 6.45) is 4.01. The molecule has 1 fully saturated rings. The molecule has 1 aliphatic rings. The maximum absolute atomic E-state index is 11.3. The van der Waals surface area contributed by atoms with E-state index in [2.05, 4.69) is 10.1 Å². The third kappa shape index (κ3) is 1.72. The zero-order valence-electron chi connectivity index (χ0n) is 7.92. The first-order valence-electron chi connectivity index (χ1n) is 4.79. The molecule has 3 rings (SSSR count). The largest absolute Gasteiger partial charge is 0.339 e. The topological polar surface area (TPSA) is 60.9 Å². The highest BCUT2D eigenvalue weighted by atomic mass is 32.1. The van der Waals surface area contributed by atoms with Crippen molar-refractivity contribution in [3.05, 3.63) is 33.0 Å². The molecule has 2 aromatic rings. The van der Waals surface area contributed by atoms with Crippen molar-refractivity contribution in [3.63, 3.8) is 0 Å². The minimum Gasteiger partial charge on any atom is -0.339 e. The summed E-state index contributed by atoms with van der Waals surface area (Å²) in [4.78, 5) is 15.5. The zero-order valence-corrected chi connectivity index (χ0v) is 8.74. The molecule has 0 radical (unpaired) electrons. The molecule has 78 valence electrons. The molecular weight excluding hydrogens is 214 g/mol. The quantitative estimate of drug-likeness (QED) is 0.784. The molecule has 2 aromatic heterocycles. The van der Waals surface area contributed by atoms with Gasteiger partial charge in [0.1, 0.15) is 0 Å². The molecule has 15 heavy (non-hydrogen) atoms. The smallest absolute Gasteiger partial charge is 0.307 e. The zero-order chi connectivity index (χ0) is 10.3. The van der Waals surface area contributed by atoms with Gasteiger partial charge < -0.3 is 4.52 Å². The van der Waals surface area contributed by atoms with Crippen molar-refractivity contribution in [3.8, 4) is 0 Å². The molecule has 1 aliphatic carbocycles. The van der Waals surface area contributed by atoms with Crippen molar-refractivity contribution in [2.75, 3.05) is 0 Å². The van der Waals surface area contributed by atoms with Crippen LogP contribution in [0.15, 0.2) is 20.9 Å². The second kappa shape index (κ2) is 3.30. The molecule has 6 heteroatoms. The lowest BCUT2D eigenvalue weighted by Crippen LogP contribution is -2.13. The normalized spacial score (nSPS) is 15.7. The fraction of sp³-hybridized carbons (Fsp3) is 0.444. The molecule has 0 spiro atoms. The molecule has 0 bridgehead atoms. The SMILES string of the molecule is O=c1sccn1Cc1noc(C2CC2)n1. The Labute approximate surface area is 89.4 Å². The summed E-state index contributed by atoms with van der Waals surface area (Å²) in [5, 5.41) is 5.61. The standard InChI is InChI=1S/C9H9N3O2S/c13-9-12(3-4-15-9)5-7-10-8(14-11-7)6-1-2-6/h3-4,6H,1-2,5H2. The van der Waals surface area contributed by atoms with Crippen molar-refractivity contribution >= 4 is 11.3 Å². The summed E-state index contributed by atoms with van der Waals surface area (Å²) < 4.78 is 6.68. The average molecular weight is 223 g/mol. The van der Waals surface area contributed by atoms with Crippen molar-refractivity contribution in [2.45, 2.75) is 25.3 Å². The lowest BCUT2D eigenvalue weighted by molar-refractivity contribution is 0.373. The number of rotatable bonds is 3. The Hall–Kier alpha value is -1.43. The maximum Gasteiger partial charge on any atom is 0.307 e. The summed E-state index contributed by atoms with van der Waals surface area (Å²) >= 11 is 1.17. The predicted molar refractivity (Wildman–Crippen MR) is 54.0 cm³/mol. The molecule has 0 amide bonds. The Kier molecular flexibility index (Phi) is 1.95. The highest BCUT2D eigenvalue weighted by Gasteiger charge is 2.29. The van der Waals surface area contributed by atoms with Crippen LogP contribution >= 0.6 is 11.3 Å². The minimum atomic E-state index is 0.00720. The Bertz CT molecular complexity index is 523. The molecule has 5 nitrogen and oxygen atoms in total. The Balaban J connectivity index is 1.81. The van der Waals surface area contributed by atoms with E-state index >= 15 is 0 Å². The van der Waals surface area contributed by atoms with Gasteiger partial charge in [-0.05, 0) is 12.8 Å². The van der Waals surface area contributed by atoms with E-state index in [-0.39, 0.29) is 4.87 Å². The molecule has 1 saturated carbocycles. The van der Waals surface area contributed by atoms with Crippen molar-refractivity contribution in [1.82, 2.24) is 14.7 Å². The summed E-state index contributed by atoms with van der Waals surface area (Å²) in [6, 6.07) is 0. The van der Waals surface area contributed by atoms with E-state index in [9.17, 15) is 4.79 Å². The Morgan fingerprint density at radius 2 is 2.47 bits per heavy atom. The first kappa shape index (κ1) is 8.84. The number of hydrogen-bond acceptors (Lipinski definition) is 5. The summed E-state index contributed by atoms with van der Waals surface area (Å²) in [5.74, 6) is 1.76. The van der Waals surface area contributed by atoms with Crippen LogP contribution in [0.5, 0.6) is 0 Å². The molecular formula is C9H9N3O2S. The van der Waals surface area contributed by atoms with E-state index in [1.54, 1.807) is 16.1 Å². The van der Waals surface area contributed by atoms with Gasteiger partial charge in [0, 0.05) is 17.5 Å². The molecule has 0 saturated heterocycles. The first-order chi connectivity index (χ1) is 7.33. The van der Waals surface area contributed by atoms with Crippen LogP contribution in [0, 0.1) is 0 Å². The maximum atomic E-state index is 11.3. The van der Waals surface area contributed by atoms with Gasteiger partial charge >= 0.3 is 4.87 Å². The molecule has 0 aliphatic heterocycles. The van der Waals surface area contributed by atoms with Crippen molar-refractivity contribution in [2.24, 2.45) is 0 Å². The molecule has 0 atom stereocenters. The lowest BCUT2D eigenvalue weighted by atomic mass is 10.4. The van der Waals surface area contributed by atoms with Crippen LogP contribution in [0.25, 0.3) is 0 Å². The van der Waals surface area contributed by atoms with Crippen LogP contribution in [0.4, 0.5) is 0 Å². The van der Waals surface area contributed by atoms with E-state index in [1.807, 2.05) is 0 Å². The van der Waals surface area contributed by atoms with Crippen LogP contribution in [0.3, 0.4) is 0 Å². The summed E-state index contributed by atoms with van der Waals surface area (Å²) in [6.45, 7) is 0.401. The van der Waals surface area contributed by atoms with Crippen LogP contribution in [0.1, 0.15) is 30.5 Å². The monoisotopic (exact) mass is 223 g/mol. The van der Waals surface area contributed by atoms with Gasteiger partial charge in [-0.2, -0.15) is 4.98 Å². The van der Waals surface area contributed by atoms with Crippen molar-refractivity contribution in [1.29, 1.82) is 0 Å². The number of thiazole rings is 1. The second-order valence-electron chi connectivity index (χ2n) is 3.62. The van der Waals surface area contributed by atoms with E-state index < -0.39 is 0 Å². The van der Waals surface area contributed by atoms with Crippen molar-refractivity contribution < 1.29 is 4.52 Å². The van der Waals surface area contributed by atoms with Crippen LogP contribution in [-0.2, 0) is 6.54 Å². The number of aromatic nitrogens is 3. The van der Waals surface area contributed by atoms with Gasteiger partial charge in [-0.1, -0.05) is 16.5 Å². The minimum absolute atomic E-state index is 0.00720. The number of nitrogens with zero attached hydrogens (tertiary/aromatic N) is 3. The molecule has 2 heterocycles. The predicted octanol–water partition coefficient (Wildman–Crippen LogP) is 1.22. The van der Waals surface area contributed by atoms with Gasteiger partial charge in [0.15, 0.2) is 5.82 Å². The highest BCUT2D eigenvalue weighted by molar-refractivity contribution is 7.07. The summed E-state index contributed by atoms with van der Waals surface area (Å²) in [7, 11) is 0. The summed E-state index contributed by atoms with van der Waals surface area (Å²) in [5.41, 5.74) is 0. The average Bonchev–Trinajstić information content (AvgIpc) is 2.86. The van der Waals surface area contributed by atoms with Gasteiger partial charge in [0.25, 0.3) is 0 Å². The molecule has 0 N–H and O–H groups in total. The van der Waals surface area contributed by atoms with Gasteiger partial charge in [-0.3, -0.25) is 9.36 Å². The molecule has 0 unspecified atom stereocenters. The third-order valence-corrected chi connectivity index (χ3v) is 3.06. The fourth-order valence-corrected chi connectivity index (χ4v) is 1.97. The second-order valence-corrected chi connectivity index (χ2v) is 4.48. The van der Waals surface area contributed by atoms with E-state index in [0.717, 1.165) is 12.8 Å². The van der Waals surface area contributed by atoms with Gasteiger partial charge in [-0.15, -0.1) is 0 Å². The van der Waals surface area contributed by atoms with Crippen LogP contribution in [-0.4, -0.2) is 14.7 Å².